The van der Waals surface area contributed by atoms with Crippen molar-refractivity contribution in [3.8, 4) is 17.2 Å². The Bertz CT molecular complexity index is 871. The summed E-state index contributed by atoms with van der Waals surface area (Å²) in [6, 6.07) is 7.34. The summed E-state index contributed by atoms with van der Waals surface area (Å²) in [6.45, 7) is 1.48. The third kappa shape index (κ3) is 4.17. The summed E-state index contributed by atoms with van der Waals surface area (Å²) in [5.74, 6) is 1.98. The minimum Gasteiger partial charge on any atom is -0.487 e. The monoisotopic (exact) mass is 386 g/mol. The molecule has 2 aromatic rings. The number of rotatable bonds is 4. The zero-order valence-electron chi connectivity index (χ0n) is 14.6. The second kappa shape index (κ2) is 7.88. The standard InChI is InChI=1S/C20H19ClN2O4/c21-16-11-22-8-7-17(16)27-15-2-1-9-23(12-15)20(24)6-4-14-3-5-18-19(10-14)26-13-25-18/h3-8,10-11,15H,1-2,9,12-13H2/b6-4+. The summed E-state index contributed by atoms with van der Waals surface area (Å²) < 4.78 is 16.6. The molecule has 0 bridgehead atoms. The summed E-state index contributed by atoms with van der Waals surface area (Å²) in [5, 5.41) is 0.476. The van der Waals surface area contributed by atoms with E-state index in [1.54, 1.807) is 35.5 Å². The molecule has 1 saturated heterocycles. The largest absolute Gasteiger partial charge is 0.487 e. The van der Waals surface area contributed by atoms with Crippen molar-refractivity contribution in [2.75, 3.05) is 19.9 Å². The molecule has 0 N–H and O–H groups in total. The van der Waals surface area contributed by atoms with E-state index >= 15 is 0 Å². The summed E-state index contributed by atoms with van der Waals surface area (Å²) in [7, 11) is 0. The van der Waals surface area contributed by atoms with Crippen LogP contribution in [0.1, 0.15) is 18.4 Å². The van der Waals surface area contributed by atoms with Gasteiger partial charge in [-0.05, 0) is 36.6 Å². The molecule has 0 spiro atoms. The molecule has 2 aliphatic rings. The second-order valence-corrected chi connectivity index (χ2v) is 6.83. The van der Waals surface area contributed by atoms with Gasteiger partial charge in [-0.25, -0.2) is 0 Å². The molecule has 3 heterocycles. The van der Waals surface area contributed by atoms with Gasteiger partial charge in [0.25, 0.3) is 0 Å². The average Bonchev–Trinajstić information content (AvgIpc) is 3.16. The number of fused-ring (bicyclic) bond motifs is 1. The van der Waals surface area contributed by atoms with Gasteiger partial charge in [0.1, 0.15) is 16.9 Å². The zero-order valence-corrected chi connectivity index (χ0v) is 15.4. The van der Waals surface area contributed by atoms with Crippen molar-refractivity contribution in [3.05, 3.63) is 53.3 Å². The minimum atomic E-state index is -0.0819. The fourth-order valence-corrected chi connectivity index (χ4v) is 3.33. The maximum absolute atomic E-state index is 12.6. The lowest BCUT2D eigenvalue weighted by atomic mass is 10.1. The van der Waals surface area contributed by atoms with Gasteiger partial charge in [0.05, 0.1) is 6.54 Å². The van der Waals surface area contributed by atoms with Crippen LogP contribution in [0.2, 0.25) is 5.02 Å². The smallest absolute Gasteiger partial charge is 0.246 e. The lowest BCUT2D eigenvalue weighted by Crippen LogP contribution is -2.43. The summed E-state index contributed by atoms with van der Waals surface area (Å²) in [6.07, 6.45) is 8.25. The SMILES string of the molecule is O=C(/C=C/c1ccc2c(c1)OCO2)N1CCCC(Oc2ccncc2Cl)C1. The van der Waals surface area contributed by atoms with Crippen LogP contribution in [-0.2, 0) is 4.79 Å². The first-order chi connectivity index (χ1) is 13.2. The highest BCUT2D eigenvalue weighted by Crippen LogP contribution is 2.32. The quantitative estimate of drug-likeness (QED) is 0.752. The number of nitrogens with zero attached hydrogens (tertiary/aromatic N) is 2. The van der Waals surface area contributed by atoms with Gasteiger partial charge in [0, 0.05) is 31.1 Å². The van der Waals surface area contributed by atoms with Gasteiger partial charge in [-0.3, -0.25) is 9.78 Å². The average molecular weight is 387 g/mol. The van der Waals surface area contributed by atoms with Gasteiger partial charge in [0.2, 0.25) is 12.7 Å². The number of aromatic nitrogens is 1. The number of hydrogen-bond acceptors (Lipinski definition) is 5. The molecule has 0 aliphatic carbocycles. The van der Waals surface area contributed by atoms with Crippen molar-refractivity contribution in [1.29, 1.82) is 0 Å². The number of amides is 1. The molecule has 4 rings (SSSR count). The molecule has 0 radical (unpaired) electrons. The zero-order chi connectivity index (χ0) is 18.6. The highest BCUT2D eigenvalue weighted by molar-refractivity contribution is 6.31. The van der Waals surface area contributed by atoms with Gasteiger partial charge in [-0.15, -0.1) is 0 Å². The summed E-state index contributed by atoms with van der Waals surface area (Å²) >= 11 is 6.10. The summed E-state index contributed by atoms with van der Waals surface area (Å²) in [4.78, 5) is 18.3. The first-order valence-electron chi connectivity index (χ1n) is 8.82. The number of piperidine rings is 1. The van der Waals surface area contributed by atoms with Crippen LogP contribution in [0.4, 0.5) is 0 Å². The number of carbonyl (C=O) groups excluding carboxylic acids is 1. The molecule has 6 nitrogen and oxygen atoms in total. The lowest BCUT2D eigenvalue weighted by Gasteiger charge is -2.32. The van der Waals surface area contributed by atoms with E-state index < -0.39 is 0 Å². The number of ether oxygens (including phenoxy) is 3. The maximum atomic E-state index is 12.6. The van der Waals surface area contributed by atoms with E-state index in [4.69, 9.17) is 25.8 Å². The van der Waals surface area contributed by atoms with Crippen LogP contribution < -0.4 is 14.2 Å². The number of benzene rings is 1. The maximum Gasteiger partial charge on any atom is 0.246 e. The Labute approximate surface area is 162 Å². The molecule has 1 amide bonds. The summed E-state index contributed by atoms with van der Waals surface area (Å²) in [5.41, 5.74) is 0.890. The Kier molecular flexibility index (Phi) is 5.16. The molecule has 1 aromatic heterocycles. The van der Waals surface area contributed by atoms with Crippen LogP contribution in [-0.4, -0.2) is 41.8 Å². The highest BCUT2D eigenvalue weighted by Gasteiger charge is 2.24. The van der Waals surface area contributed by atoms with E-state index in [2.05, 4.69) is 4.98 Å². The molecular weight excluding hydrogens is 368 g/mol. The van der Waals surface area contributed by atoms with Crippen molar-refractivity contribution >= 4 is 23.6 Å². The van der Waals surface area contributed by atoms with Crippen molar-refractivity contribution in [3.63, 3.8) is 0 Å². The van der Waals surface area contributed by atoms with Crippen LogP contribution in [0, 0.1) is 0 Å². The third-order valence-electron chi connectivity index (χ3n) is 4.53. The molecular formula is C20H19ClN2O4. The number of pyridine rings is 1. The highest BCUT2D eigenvalue weighted by atomic mass is 35.5. The normalized spacial score (nSPS) is 18.7. The number of halogens is 1. The van der Waals surface area contributed by atoms with E-state index in [0.29, 0.717) is 29.6 Å². The fourth-order valence-electron chi connectivity index (χ4n) is 3.16. The lowest BCUT2D eigenvalue weighted by molar-refractivity contribution is -0.128. The van der Waals surface area contributed by atoms with Crippen LogP contribution >= 0.6 is 11.6 Å². The Morgan fingerprint density at radius 3 is 3.07 bits per heavy atom. The Balaban J connectivity index is 1.37. The Morgan fingerprint density at radius 2 is 2.19 bits per heavy atom. The molecule has 140 valence electrons. The number of likely N-dealkylation sites (tertiary alicyclic amines) is 1. The van der Waals surface area contributed by atoms with Gasteiger partial charge in [0.15, 0.2) is 11.5 Å². The Hall–Kier alpha value is -2.73. The van der Waals surface area contributed by atoms with Gasteiger partial charge in [-0.1, -0.05) is 17.7 Å². The predicted molar refractivity (Wildman–Crippen MR) is 101 cm³/mol. The Morgan fingerprint density at radius 1 is 1.30 bits per heavy atom. The van der Waals surface area contributed by atoms with Gasteiger partial charge in [-0.2, -0.15) is 0 Å². The van der Waals surface area contributed by atoms with E-state index in [1.807, 2.05) is 18.2 Å². The van der Waals surface area contributed by atoms with Crippen LogP contribution in [0.25, 0.3) is 6.08 Å². The van der Waals surface area contributed by atoms with E-state index in [9.17, 15) is 4.79 Å². The third-order valence-corrected chi connectivity index (χ3v) is 4.82. The first kappa shape index (κ1) is 17.7. The molecule has 1 atom stereocenters. The first-order valence-corrected chi connectivity index (χ1v) is 9.19. The minimum absolute atomic E-state index is 0.0400. The number of carbonyl (C=O) groups is 1. The van der Waals surface area contributed by atoms with Crippen molar-refractivity contribution in [1.82, 2.24) is 9.88 Å². The van der Waals surface area contributed by atoms with Crippen molar-refractivity contribution < 1.29 is 19.0 Å². The predicted octanol–water partition coefficient (Wildman–Crippen LogP) is 3.55. The van der Waals surface area contributed by atoms with Crippen molar-refractivity contribution in [2.45, 2.75) is 18.9 Å². The fraction of sp³-hybridized carbons (Fsp3) is 0.300. The molecule has 2 aliphatic heterocycles. The molecule has 27 heavy (non-hydrogen) atoms. The van der Waals surface area contributed by atoms with E-state index in [-0.39, 0.29) is 18.8 Å². The van der Waals surface area contributed by atoms with Gasteiger partial charge >= 0.3 is 0 Å². The van der Waals surface area contributed by atoms with Crippen molar-refractivity contribution in [2.24, 2.45) is 0 Å². The van der Waals surface area contributed by atoms with Gasteiger partial charge < -0.3 is 19.1 Å². The number of hydrogen-bond donors (Lipinski definition) is 0. The van der Waals surface area contributed by atoms with E-state index in [1.165, 1.54) is 0 Å². The van der Waals surface area contributed by atoms with Crippen LogP contribution in [0.5, 0.6) is 17.2 Å². The molecule has 7 heteroatoms. The molecule has 1 fully saturated rings. The topological polar surface area (TPSA) is 60.9 Å². The molecule has 1 aromatic carbocycles. The molecule has 0 saturated carbocycles. The molecule has 1 unspecified atom stereocenters. The van der Waals surface area contributed by atoms with Crippen LogP contribution in [0.15, 0.2) is 42.7 Å². The van der Waals surface area contributed by atoms with Crippen LogP contribution in [0.3, 0.4) is 0 Å². The second-order valence-electron chi connectivity index (χ2n) is 6.42. The van der Waals surface area contributed by atoms with E-state index in [0.717, 1.165) is 24.2 Å².